The van der Waals surface area contributed by atoms with Gasteiger partial charge in [0.05, 0.1) is 16.9 Å². The van der Waals surface area contributed by atoms with Crippen molar-refractivity contribution in [1.29, 1.82) is 5.26 Å². The van der Waals surface area contributed by atoms with Crippen LogP contribution in [-0.4, -0.2) is 43.1 Å². The zero-order valence-electron chi connectivity index (χ0n) is 12.3. The summed E-state index contributed by atoms with van der Waals surface area (Å²) in [5.74, 6) is 0. The molecule has 0 aliphatic carbocycles. The lowest BCUT2D eigenvalue weighted by Crippen LogP contribution is -2.38. The van der Waals surface area contributed by atoms with Crippen LogP contribution in [0, 0.1) is 25.2 Å². The molecule has 2 rings (SSSR count). The van der Waals surface area contributed by atoms with Gasteiger partial charge < -0.3 is 9.80 Å². The first-order chi connectivity index (χ1) is 9.02. The molecule has 1 aromatic rings. The number of aryl methyl sites for hydroxylation is 2. The Morgan fingerprint density at radius 2 is 2.21 bits per heavy atom. The number of hydrogen-bond acceptors (Lipinski definition) is 4. The molecule has 0 spiro atoms. The number of nitriles is 1. The number of aromatic nitrogens is 1. The molecule has 1 aromatic heterocycles. The topological polar surface area (TPSA) is 43.2 Å². The van der Waals surface area contributed by atoms with Gasteiger partial charge in [-0.1, -0.05) is 0 Å². The number of pyridine rings is 1. The molecule has 0 radical (unpaired) electrons. The highest BCUT2D eigenvalue weighted by atomic mass is 15.2. The SMILES string of the molecule is Cc1cc(N2CCCC2CN(C)C)c(C#N)c(C)n1. The second kappa shape index (κ2) is 5.58. The Morgan fingerprint density at radius 3 is 2.84 bits per heavy atom. The van der Waals surface area contributed by atoms with Gasteiger partial charge in [0.2, 0.25) is 0 Å². The molecule has 2 heterocycles. The van der Waals surface area contributed by atoms with Crippen LogP contribution in [0.4, 0.5) is 5.69 Å². The molecule has 1 saturated heterocycles. The summed E-state index contributed by atoms with van der Waals surface area (Å²) < 4.78 is 0. The molecular weight excluding hydrogens is 236 g/mol. The van der Waals surface area contributed by atoms with Crippen LogP contribution in [0.15, 0.2) is 6.07 Å². The predicted octanol–water partition coefficient (Wildman–Crippen LogP) is 2.10. The minimum atomic E-state index is 0.503. The molecule has 4 heteroatoms. The van der Waals surface area contributed by atoms with E-state index in [2.05, 4.69) is 41.0 Å². The van der Waals surface area contributed by atoms with Crippen LogP contribution in [0.3, 0.4) is 0 Å². The van der Waals surface area contributed by atoms with Crippen LogP contribution in [0.2, 0.25) is 0 Å². The molecule has 0 aromatic carbocycles. The predicted molar refractivity (Wildman–Crippen MR) is 77.3 cm³/mol. The van der Waals surface area contributed by atoms with Crippen molar-refractivity contribution >= 4 is 5.69 Å². The highest BCUT2D eigenvalue weighted by molar-refractivity contribution is 5.62. The van der Waals surface area contributed by atoms with Crippen LogP contribution in [-0.2, 0) is 0 Å². The van der Waals surface area contributed by atoms with Crippen LogP contribution in [0.5, 0.6) is 0 Å². The average molecular weight is 258 g/mol. The molecule has 102 valence electrons. The van der Waals surface area contributed by atoms with Crippen molar-refractivity contribution in [2.45, 2.75) is 32.7 Å². The summed E-state index contributed by atoms with van der Waals surface area (Å²) in [6.45, 7) is 5.99. The third-order valence-electron chi connectivity index (χ3n) is 3.68. The largest absolute Gasteiger partial charge is 0.366 e. The Bertz CT molecular complexity index is 502. The lowest BCUT2D eigenvalue weighted by molar-refractivity contribution is 0.372. The summed E-state index contributed by atoms with van der Waals surface area (Å²) in [4.78, 5) is 9.01. The van der Waals surface area contributed by atoms with Gasteiger partial charge in [-0.3, -0.25) is 4.98 Å². The fourth-order valence-electron chi connectivity index (χ4n) is 2.94. The first-order valence-electron chi connectivity index (χ1n) is 6.82. The molecule has 0 saturated carbocycles. The lowest BCUT2D eigenvalue weighted by Gasteiger charge is -2.30. The average Bonchev–Trinajstić information content (AvgIpc) is 2.75. The van der Waals surface area contributed by atoms with E-state index in [9.17, 15) is 5.26 Å². The van der Waals surface area contributed by atoms with Gasteiger partial charge in [-0.2, -0.15) is 5.26 Å². The number of anilines is 1. The van der Waals surface area contributed by atoms with Gasteiger partial charge in [0.1, 0.15) is 6.07 Å². The van der Waals surface area contributed by atoms with E-state index in [0.717, 1.165) is 35.7 Å². The molecule has 1 aliphatic heterocycles. The Morgan fingerprint density at radius 1 is 1.47 bits per heavy atom. The second-order valence-corrected chi connectivity index (χ2v) is 5.61. The minimum Gasteiger partial charge on any atom is -0.366 e. The van der Waals surface area contributed by atoms with Crippen molar-refractivity contribution < 1.29 is 0 Å². The molecule has 1 fully saturated rings. The molecule has 1 atom stereocenters. The highest BCUT2D eigenvalue weighted by Gasteiger charge is 2.27. The Labute approximate surface area is 115 Å². The van der Waals surface area contributed by atoms with Crippen LogP contribution in [0.1, 0.15) is 29.8 Å². The summed E-state index contributed by atoms with van der Waals surface area (Å²) in [7, 11) is 4.20. The summed E-state index contributed by atoms with van der Waals surface area (Å²) in [6, 6.07) is 4.88. The van der Waals surface area contributed by atoms with Crippen LogP contribution < -0.4 is 4.90 Å². The molecule has 0 amide bonds. The van der Waals surface area contributed by atoms with E-state index in [1.54, 1.807) is 0 Å². The minimum absolute atomic E-state index is 0.503. The van der Waals surface area contributed by atoms with Crippen molar-refractivity contribution in [3.05, 3.63) is 23.0 Å². The fraction of sp³-hybridized carbons (Fsp3) is 0.600. The van der Waals surface area contributed by atoms with Crippen molar-refractivity contribution in [3.8, 4) is 6.07 Å². The molecule has 0 N–H and O–H groups in total. The van der Waals surface area contributed by atoms with Gasteiger partial charge in [-0.05, 0) is 46.9 Å². The first kappa shape index (κ1) is 13.8. The van der Waals surface area contributed by atoms with Crippen LogP contribution in [0.25, 0.3) is 0 Å². The third-order valence-corrected chi connectivity index (χ3v) is 3.68. The standard InChI is InChI=1S/C15H22N4/c1-11-8-15(14(9-16)12(2)17-11)19-7-5-6-13(19)10-18(3)4/h8,13H,5-7,10H2,1-4H3. The van der Waals surface area contributed by atoms with Gasteiger partial charge in [0.15, 0.2) is 0 Å². The maximum atomic E-state index is 9.39. The molecule has 4 nitrogen and oxygen atoms in total. The van der Waals surface area contributed by atoms with Crippen molar-refractivity contribution in [1.82, 2.24) is 9.88 Å². The van der Waals surface area contributed by atoms with E-state index < -0.39 is 0 Å². The number of likely N-dealkylation sites (N-methyl/N-ethyl adjacent to an activating group) is 1. The van der Waals surface area contributed by atoms with Gasteiger partial charge in [-0.15, -0.1) is 0 Å². The van der Waals surface area contributed by atoms with E-state index in [1.807, 2.05) is 13.8 Å². The monoisotopic (exact) mass is 258 g/mol. The fourth-order valence-corrected chi connectivity index (χ4v) is 2.94. The number of nitrogens with zero attached hydrogens (tertiary/aromatic N) is 4. The molecule has 1 aliphatic rings. The van der Waals surface area contributed by atoms with E-state index in [4.69, 9.17) is 0 Å². The summed E-state index contributed by atoms with van der Waals surface area (Å²) in [5.41, 5.74) is 3.63. The van der Waals surface area contributed by atoms with Gasteiger partial charge >= 0.3 is 0 Å². The van der Waals surface area contributed by atoms with E-state index in [-0.39, 0.29) is 0 Å². The van der Waals surface area contributed by atoms with Crippen LogP contribution >= 0.6 is 0 Å². The number of hydrogen-bond donors (Lipinski definition) is 0. The summed E-state index contributed by atoms with van der Waals surface area (Å²) >= 11 is 0. The second-order valence-electron chi connectivity index (χ2n) is 5.61. The first-order valence-corrected chi connectivity index (χ1v) is 6.82. The normalized spacial score (nSPS) is 18.9. The van der Waals surface area contributed by atoms with Crippen molar-refractivity contribution in [2.24, 2.45) is 0 Å². The van der Waals surface area contributed by atoms with Crippen molar-refractivity contribution in [3.63, 3.8) is 0 Å². The van der Waals surface area contributed by atoms with Gasteiger partial charge in [0, 0.05) is 24.8 Å². The van der Waals surface area contributed by atoms with Gasteiger partial charge in [0.25, 0.3) is 0 Å². The Kier molecular flexibility index (Phi) is 4.06. The maximum Gasteiger partial charge on any atom is 0.103 e. The molecule has 0 bridgehead atoms. The zero-order valence-corrected chi connectivity index (χ0v) is 12.3. The van der Waals surface area contributed by atoms with E-state index in [0.29, 0.717) is 6.04 Å². The third kappa shape index (κ3) is 2.87. The van der Waals surface area contributed by atoms with Gasteiger partial charge in [-0.25, -0.2) is 0 Å². The Hall–Kier alpha value is -1.60. The van der Waals surface area contributed by atoms with E-state index in [1.165, 1.54) is 12.8 Å². The molecular formula is C15H22N4. The number of rotatable bonds is 3. The van der Waals surface area contributed by atoms with Crippen molar-refractivity contribution in [2.75, 3.05) is 32.1 Å². The smallest absolute Gasteiger partial charge is 0.103 e. The molecule has 19 heavy (non-hydrogen) atoms. The maximum absolute atomic E-state index is 9.39. The Balaban J connectivity index is 2.38. The quantitative estimate of drug-likeness (QED) is 0.832. The summed E-state index contributed by atoms with van der Waals surface area (Å²) in [5, 5.41) is 9.39. The lowest BCUT2D eigenvalue weighted by atomic mass is 10.1. The summed E-state index contributed by atoms with van der Waals surface area (Å²) in [6.07, 6.45) is 2.40. The highest BCUT2D eigenvalue weighted by Crippen LogP contribution is 2.30. The van der Waals surface area contributed by atoms with E-state index >= 15 is 0 Å². The molecule has 1 unspecified atom stereocenters. The zero-order chi connectivity index (χ0) is 14.0.